The van der Waals surface area contributed by atoms with E-state index >= 15 is 0 Å². The molecule has 1 aromatic carbocycles. The summed E-state index contributed by atoms with van der Waals surface area (Å²) in [6, 6.07) is 5.46. The van der Waals surface area contributed by atoms with Crippen LogP contribution in [0.4, 0.5) is 4.39 Å². The minimum Gasteiger partial charge on any atom is -0.347 e. The maximum Gasteiger partial charge on any atom is 0.241 e. The molecule has 1 fully saturated rings. The molecular formula is C17H22FN3O3. The highest BCUT2D eigenvalue weighted by atomic mass is 19.1. The van der Waals surface area contributed by atoms with Gasteiger partial charge >= 0.3 is 0 Å². The van der Waals surface area contributed by atoms with Crippen LogP contribution in [0.3, 0.4) is 0 Å². The molecule has 6 nitrogen and oxygen atoms in total. The van der Waals surface area contributed by atoms with E-state index in [2.05, 4.69) is 5.32 Å². The van der Waals surface area contributed by atoms with Crippen molar-refractivity contribution in [3.63, 3.8) is 0 Å². The maximum absolute atomic E-state index is 14.2. The Labute approximate surface area is 140 Å². The van der Waals surface area contributed by atoms with E-state index in [0.29, 0.717) is 12.0 Å². The minimum absolute atomic E-state index is 0.121. The first-order valence-electron chi connectivity index (χ1n) is 7.81. The van der Waals surface area contributed by atoms with E-state index < -0.39 is 17.8 Å². The molecular weight excluding hydrogens is 313 g/mol. The van der Waals surface area contributed by atoms with Crippen LogP contribution in [0, 0.1) is 11.7 Å². The molecule has 0 saturated carbocycles. The molecule has 1 aliphatic heterocycles. The monoisotopic (exact) mass is 335 g/mol. The van der Waals surface area contributed by atoms with Crippen LogP contribution in [0.1, 0.15) is 24.4 Å². The van der Waals surface area contributed by atoms with Crippen molar-refractivity contribution in [1.29, 1.82) is 0 Å². The fraction of sp³-hybridized carbons (Fsp3) is 0.471. The van der Waals surface area contributed by atoms with Crippen molar-refractivity contribution in [2.24, 2.45) is 5.92 Å². The predicted molar refractivity (Wildman–Crippen MR) is 86.3 cm³/mol. The molecule has 1 aromatic rings. The summed E-state index contributed by atoms with van der Waals surface area (Å²) in [6.45, 7) is -0.121. The maximum atomic E-state index is 14.2. The van der Waals surface area contributed by atoms with Crippen LogP contribution >= 0.6 is 0 Å². The van der Waals surface area contributed by atoms with E-state index in [1.807, 2.05) is 0 Å². The van der Waals surface area contributed by atoms with Crippen molar-refractivity contribution >= 4 is 17.7 Å². The number of halogens is 1. The van der Waals surface area contributed by atoms with Crippen molar-refractivity contribution in [3.05, 3.63) is 35.6 Å². The van der Waals surface area contributed by atoms with Crippen molar-refractivity contribution in [2.75, 3.05) is 27.7 Å². The number of amides is 3. The lowest BCUT2D eigenvalue weighted by molar-refractivity contribution is -0.142. The van der Waals surface area contributed by atoms with Crippen LogP contribution in [-0.2, 0) is 14.4 Å². The van der Waals surface area contributed by atoms with Gasteiger partial charge in [0.2, 0.25) is 17.7 Å². The highest BCUT2D eigenvalue weighted by molar-refractivity contribution is 5.88. The Balaban J connectivity index is 2.22. The van der Waals surface area contributed by atoms with Crippen LogP contribution < -0.4 is 5.32 Å². The molecule has 1 N–H and O–H groups in total. The summed E-state index contributed by atoms with van der Waals surface area (Å²) in [5, 5.41) is 2.60. The summed E-state index contributed by atoms with van der Waals surface area (Å²) in [7, 11) is 4.78. The molecule has 3 amide bonds. The fourth-order valence-corrected chi connectivity index (χ4v) is 2.90. The third kappa shape index (κ3) is 3.72. The van der Waals surface area contributed by atoms with Crippen molar-refractivity contribution in [1.82, 2.24) is 15.1 Å². The summed E-state index contributed by atoms with van der Waals surface area (Å²) in [5.41, 5.74) is 0.312. The number of nitrogens with zero attached hydrogens (tertiary/aromatic N) is 2. The number of hydrogen-bond donors (Lipinski definition) is 1. The number of likely N-dealkylation sites (N-methyl/N-ethyl adjacent to an activating group) is 1. The van der Waals surface area contributed by atoms with E-state index in [4.69, 9.17) is 0 Å². The van der Waals surface area contributed by atoms with Crippen LogP contribution in [0.2, 0.25) is 0 Å². The normalized spacial score (nSPS) is 20.7. The second kappa shape index (κ2) is 7.42. The van der Waals surface area contributed by atoms with Gasteiger partial charge in [0, 0.05) is 33.1 Å². The van der Waals surface area contributed by atoms with E-state index in [9.17, 15) is 18.8 Å². The largest absolute Gasteiger partial charge is 0.347 e. The molecule has 0 aromatic heterocycles. The molecule has 0 spiro atoms. The standard InChI is InChI=1S/C17H22FN3O3/c1-20(2)15(23)10-19-17(24)12-8-9-14(22)21(3)16(12)11-6-4-5-7-13(11)18/h4-7,12,16H,8-10H2,1-3H3,(H,19,24). The van der Waals surface area contributed by atoms with Gasteiger partial charge in [0.15, 0.2) is 0 Å². The van der Waals surface area contributed by atoms with Crippen molar-refractivity contribution in [3.8, 4) is 0 Å². The number of carbonyl (C=O) groups excluding carboxylic acids is 3. The number of benzene rings is 1. The van der Waals surface area contributed by atoms with Gasteiger partial charge in [-0.3, -0.25) is 14.4 Å². The van der Waals surface area contributed by atoms with Crippen molar-refractivity contribution < 1.29 is 18.8 Å². The SMILES string of the molecule is CN(C)C(=O)CNC(=O)C1CCC(=O)N(C)C1c1ccccc1F. The average molecular weight is 335 g/mol. The Hall–Kier alpha value is -2.44. The Morgan fingerprint density at radius 2 is 2.00 bits per heavy atom. The van der Waals surface area contributed by atoms with Gasteiger partial charge in [0.1, 0.15) is 5.82 Å². The smallest absolute Gasteiger partial charge is 0.241 e. The highest BCUT2D eigenvalue weighted by Crippen LogP contribution is 2.36. The first-order chi connectivity index (χ1) is 11.3. The van der Waals surface area contributed by atoms with Crippen LogP contribution in [0.5, 0.6) is 0 Å². The molecule has 1 heterocycles. The van der Waals surface area contributed by atoms with E-state index in [0.717, 1.165) is 0 Å². The number of rotatable bonds is 4. The molecule has 1 aliphatic rings. The summed E-state index contributed by atoms with van der Waals surface area (Å²) in [6.07, 6.45) is 0.547. The van der Waals surface area contributed by atoms with Gasteiger partial charge in [-0.15, -0.1) is 0 Å². The van der Waals surface area contributed by atoms with Gasteiger partial charge in [0.05, 0.1) is 18.5 Å². The van der Waals surface area contributed by atoms with Gasteiger partial charge in [-0.2, -0.15) is 0 Å². The zero-order valence-electron chi connectivity index (χ0n) is 14.1. The zero-order valence-corrected chi connectivity index (χ0v) is 14.1. The second-order valence-corrected chi connectivity index (χ2v) is 6.12. The van der Waals surface area contributed by atoms with Gasteiger partial charge in [0.25, 0.3) is 0 Å². The molecule has 1 saturated heterocycles. The molecule has 0 bridgehead atoms. The van der Waals surface area contributed by atoms with Crippen LogP contribution in [0.15, 0.2) is 24.3 Å². The van der Waals surface area contributed by atoms with Crippen LogP contribution in [-0.4, -0.2) is 55.2 Å². The predicted octanol–water partition coefficient (Wildman–Crippen LogP) is 0.940. The molecule has 130 valence electrons. The van der Waals surface area contributed by atoms with E-state index in [1.165, 1.54) is 15.9 Å². The lowest BCUT2D eigenvalue weighted by atomic mass is 9.83. The lowest BCUT2D eigenvalue weighted by Crippen LogP contribution is -2.48. The lowest BCUT2D eigenvalue weighted by Gasteiger charge is -2.38. The first kappa shape index (κ1) is 17.9. The number of hydrogen-bond acceptors (Lipinski definition) is 3. The molecule has 2 rings (SSSR count). The summed E-state index contributed by atoms with van der Waals surface area (Å²) < 4.78 is 14.2. The number of carbonyl (C=O) groups is 3. The zero-order chi connectivity index (χ0) is 17.9. The Morgan fingerprint density at radius 1 is 1.33 bits per heavy atom. The second-order valence-electron chi connectivity index (χ2n) is 6.12. The molecule has 7 heteroatoms. The molecule has 2 unspecified atom stereocenters. The topological polar surface area (TPSA) is 69.7 Å². The van der Waals surface area contributed by atoms with Crippen molar-refractivity contribution in [2.45, 2.75) is 18.9 Å². The molecule has 0 radical (unpaired) electrons. The number of piperidine rings is 1. The highest BCUT2D eigenvalue weighted by Gasteiger charge is 2.40. The molecule has 0 aliphatic carbocycles. The molecule has 2 atom stereocenters. The first-order valence-corrected chi connectivity index (χ1v) is 7.81. The summed E-state index contributed by atoms with van der Waals surface area (Å²) in [5.74, 6) is -1.76. The number of nitrogens with one attached hydrogen (secondary N) is 1. The van der Waals surface area contributed by atoms with Gasteiger partial charge < -0.3 is 15.1 Å². The Bertz CT molecular complexity index is 648. The number of likely N-dealkylation sites (tertiary alicyclic amines) is 1. The van der Waals surface area contributed by atoms with Crippen LogP contribution in [0.25, 0.3) is 0 Å². The summed E-state index contributed by atoms with van der Waals surface area (Å²) in [4.78, 5) is 39.0. The minimum atomic E-state index is -0.679. The van der Waals surface area contributed by atoms with E-state index in [1.54, 1.807) is 39.3 Å². The average Bonchev–Trinajstić information content (AvgIpc) is 2.55. The van der Waals surface area contributed by atoms with Gasteiger partial charge in [-0.25, -0.2) is 4.39 Å². The van der Waals surface area contributed by atoms with E-state index in [-0.39, 0.29) is 30.7 Å². The third-order valence-corrected chi connectivity index (χ3v) is 4.33. The molecule has 24 heavy (non-hydrogen) atoms. The van der Waals surface area contributed by atoms with Gasteiger partial charge in [-0.05, 0) is 12.5 Å². The quantitative estimate of drug-likeness (QED) is 0.890. The summed E-state index contributed by atoms with van der Waals surface area (Å²) >= 11 is 0. The third-order valence-electron chi connectivity index (χ3n) is 4.33. The Kier molecular flexibility index (Phi) is 5.54. The van der Waals surface area contributed by atoms with Gasteiger partial charge in [-0.1, -0.05) is 18.2 Å². The Morgan fingerprint density at radius 3 is 2.62 bits per heavy atom. The fourth-order valence-electron chi connectivity index (χ4n) is 2.90.